The number of para-hydroxylation sites is 1. The van der Waals surface area contributed by atoms with Crippen molar-refractivity contribution in [2.75, 3.05) is 10.6 Å². The summed E-state index contributed by atoms with van der Waals surface area (Å²) in [5, 5.41) is 30.6. The molecular weight excluding hydrogens is 572 g/mol. The average Bonchev–Trinajstić information content (AvgIpc) is 3.42. The van der Waals surface area contributed by atoms with E-state index in [2.05, 4.69) is 15.7 Å². The molecule has 43 heavy (non-hydrogen) atoms. The van der Waals surface area contributed by atoms with E-state index in [0.717, 1.165) is 11.0 Å². The van der Waals surface area contributed by atoms with Crippen LogP contribution in [0.15, 0.2) is 77.7 Å². The fraction of sp³-hybridized carbons (Fsp3) is 0.133. The van der Waals surface area contributed by atoms with Gasteiger partial charge in [0.2, 0.25) is 17.5 Å². The number of fused-ring (bicyclic) bond motifs is 3. The van der Waals surface area contributed by atoms with Gasteiger partial charge in [0, 0.05) is 51.7 Å². The third-order valence-corrected chi connectivity index (χ3v) is 7.73. The van der Waals surface area contributed by atoms with E-state index in [-0.39, 0.29) is 23.5 Å². The van der Waals surface area contributed by atoms with Crippen molar-refractivity contribution in [3.05, 3.63) is 94.2 Å². The molecule has 12 nitrogen and oxygen atoms in total. The third-order valence-electron chi connectivity index (χ3n) is 6.63. The van der Waals surface area contributed by atoms with Crippen molar-refractivity contribution in [3.8, 4) is 23.0 Å². The number of benzene rings is 3. The van der Waals surface area contributed by atoms with Gasteiger partial charge in [-0.05, 0) is 36.4 Å². The number of non-ortho nitro benzene ring substituents is 1. The smallest absolute Gasteiger partial charge is 0.291 e. The maximum Gasteiger partial charge on any atom is 0.291 e. The Hall–Kier alpha value is -5.61. The van der Waals surface area contributed by atoms with E-state index in [9.17, 15) is 34.6 Å². The van der Waals surface area contributed by atoms with E-state index < -0.39 is 34.2 Å². The molecule has 0 fully saturated rings. The molecule has 2 N–H and O–H groups in total. The summed E-state index contributed by atoms with van der Waals surface area (Å²) >= 11 is 1.41. The van der Waals surface area contributed by atoms with Crippen LogP contribution in [0.1, 0.15) is 29.4 Å². The topological polar surface area (TPSA) is 177 Å². The first-order valence-corrected chi connectivity index (χ1v) is 14.0. The van der Waals surface area contributed by atoms with Gasteiger partial charge in [-0.3, -0.25) is 29.3 Å². The van der Waals surface area contributed by atoms with Crippen molar-refractivity contribution in [2.45, 2.75) is 24.0 Å². The number of hydrogen-bond acceptors (Lipinski definition) is 9. The first kappa shape index (κ1) is 28.9. The molecule has 0 bridgehead atoms. The summed E-state index contributed by atoms with van der Waals surface area (Å²) in [4.78, 5) is 62.3. The number of amides is 2. The lowest BCUT2D eigenvalue weighted by atomic mass is 9.97. The first-order chi connectivity index (χ1) is 20.7. The Morgan fingerprint density at radius 3 is 2.49 bits per heavy atom. The molecule has 1 aliphatic rings. The van der Waals surface area contributed by atoms with Gasteiger partial charge in [0.15, 0.2) is 5.92 Å². The van der Waals surface area contributed by atoms with E-state index in [0.29, 0.717) is 33.9 Å². The zero-order chi connectivity index (χ0) is 30.7. The van der Waals surface area contributed by atoms with Crippen molar-refractivity contribution < 1.29 is 24.1 Å². The highest BCUT2D eigenvalue weighted by atomic mass is 32.2. The van der Waals surface area contributed by atoms with Crippen LogP contribution in [0.25, 0.3) is 16.9 Å². The molecule has 13 heteroatoms. The Kier molecular flexibility index (Phi) is 8.13. The highest BCUT2D eigenvalue weighted by molar-refractivity contribution is 7.98. The van der Waals surface area contributed by atoms with Crippen LogP contribution >= 0.6 is 11.8 Å². The van der Waals surface area contributed by atoms with Crippen LogP contribution in [0, 0.1) is 27.4 Å². The maximum absolute atomic E-state index is 13.8. The highest BCUT2D eigenvalue weighted by Gasteiger charge is 2.36. The number of nitro groups is 1. The van der Waals surface area contributed by atoms with E-state index >= 15 is 0 Å². The Balaban J connectivity index is 1.56. The Bertz CT molecular complexity index is 1850. The number of aromatic nitrogens is 2. The minimum atomic E-state index is -1.79. The summed E-state index contributed by atoms with van der Waals surface area (Å²) in [5.41, 5.74) is 2.37. The molecule has 1 aliphatic heterocycles. The molecule has 4 aromatic rings. The lowest BCUT2D eigenvalue weighted by Crippen LogP contribution is -2.29. The predicted molar refractivity (Wildman–Crippen MR) is 158 cm³/mol. The Morgan fingerprint density at radius 2 is 1.79 bits per heavy atom. The van der Waals surface area contributed by atoms with Gasteiger partial charge in [-0.15, -0.1) is 11.8 Å². The monoisotopic (exact) mass is 594 g/mol. The minimum absolute atomic E-state index is 0.0534. The van der Waals surface area contributed by atoms with E-state index in [1.54, 1.807) is 60.1 Å². The molecule has 214 valence electrons. The van der Waals surface area contributed by atoms with Crippen LogP contribution in [0.4, 0.5) is 17.1 Å². The van der Waals surface area contributed by atoms with Gasteiger partial charge >= 0.3 is 0 Å². The quantitative estimate of drug-likeness (QED) is 0.0894. The van der Waals surface area contributed by atoms with Crippen LogP contribution in [0.3, 0.4) is 0 Å². The number of hydrogen-bond donors (Lipinski definition) is 2. The number of nitriles is 1. The lowest BCUT2D eigenvalue weighted by Gasteiger charge is -2.19. The van der Waals surface area contributed by atoms with Crippen molar-refractivity contribution in [1.82, 2.24) is 9.78 Å². The van der Waals surface area contributed by atoms with Gasteiger partial charge in [0.05, 0.1) is 22.4 Å². The molecule has 1 unspecified atom stereocenters. The van der Waals surface area contributed by atoms with Crippen LogP contribution in [0.2, 0.25) is 0 Å². The number of carbonyl (C=O) groups excluding carboxylic acids is 4. The summed E-state index contributed by atoms with van der Waals surface area (Å²) < 4.78 is 1.55. The van der Waals surface area contributed by atoms with Crippen molar-refractivity contribution in [1.29, 1.82) is 5.26 Å². The van der Waals surface area contributed by atoms with E-state index in [4.69, 9.17) is 0 Å². The Morgan fingerprint density at radius 1 is 1.05 bits per heavy atom. The number of nitrogens with one attached hydrogen (secondary N) is 2. The molecule has 0 radical (unpaired) electrons. The molecule has 0 aliphatic carbocycles. The molecule has 3 aromatic carbocycles. The number of thioether (sulfide) groups is 1. The second kappa shape index (κ2) is 12.1. The van der Waals surface area contributed by atoms with Crippen LogP contribution in [0.5, 0.6) is 0 Å². The van der Waals surface area contributed by atoms with Crippen LogP contribution < -0.4 is 10.6 Å². The summed E-state index contributed by atoms with van der Waals surface area (Å²) in [7, 11) is 0. The minimum Gasteiger partial charge on any atom is -0.324 e. The number of Topliss-reactive ketones (excluding diaryl/α,β-unsaturated/α-hetero) is 2. The third kappa shape index (κ3) is 5.77. The van der Waals surface area contributed by atoms with E-state index in [1.807, 2.05) is 6.07 Å². The van der Waals surface area contributed by atoms with Crippen molar-refractivity contribution in [2.24, 2.45) is 5.92 Å². The van der Waals surface area contributed by atoms with Gasteiger partial charge in [-0.25, -0.2) is 4.68 Å². The molecule has 1 aromatic heterocycles. The van der Waals surface area contributed by atoms with Crippen molar-refractivity contribution in [3.63, 3.8) is 0 Å². The summed E-state index contributed by atoms with van der Waals surface area (Å²) in [5.74, 6) is -4.59. The van der Waals surface area contributed by atoms with Gasteiger partial charge in [-0.2, -0.15) is 10.4 Å². The number of anilines is 2. The number of nitrogens with zero attached hydrogens (tertiary/aromatic N) is 4. The molecule has 2 amide bonds. The Labute approximate surface area is 248 Å². The fourth-order valence-corrected chi connectivity index (χ4v) is 5.58. The largest absolute Gasteiger partial charge is 0.324 e. The lowest BCUT2D eigenvalue weighted by molar-refractivity contribution is -0.384. The zero-order valence-electron chi connectivity index (χ0n) is 22.6. The maximum atomic E-state index is 13.8. The number of nitro benzene ring substituents is 1. The highest BCUT2D eigenvalue weighted by Crippen LogP contribution is 2.45. The van der Waals surface area contributed by atoms with Crippen LogP contribution in [-0.4, -0.2) is 38.1 Å². The standard InChI is InChI=1S/C30H22N6O6S/c1-2-24(37)30(40)33-18-11-12-25-21(14-18)27-23(16-43-25)26(34-35(27)19-8-4-3-5-9-19)28(38)22(15-31)29(39)32-17-7-6-10-20(13-17)36(41)42/h3-14,22H,2,16H2,1H3,(H,32,39)(H,33,40). The first-order valence-electron chi connectivity index (χ1n) is 13.0. The SMILES string of the molecule is CCC(=O)C(=O)Nc1ccc2c(c1)-c1c(c(C(=O)C(C#N)C(=O)Nc3cccc([N+](=O)[O-])c3)nn1-c1ccccc1)CS2. The normalized spacial score (nSPS) is 12.2. The van der Waals surface area contributed by atoms with Crippen molar-refractivity contribution >= 4 is 52.2 Å². The van der Waals surface area contributed by atoms with Gasteiger partial charge in [0.1, 0.15) is 5.69 Å². The van der Waals surface area contributed by atoms with Gasteiger partial charge in [0.25, 0.3) is 11.6 Å². The summed E-state index contributed by atoms with van der Waals surface area (Å²) in [6.07, 6.45) is 0.0534. The number of ketones is 2. The molecule has 1 atom stereocenters. The second-order valence-electron chi connectivity index (χ2n) is 9.38. The predicted octanol–water partition coefficient (Wildman–Crippen LogP) is 4.93. The molecule has 2 heterocycles. The molecule has 0 saturated heterocycles. The molecule has 5 rings (SSSR count). The number of carbonyl (C=O) groups is 4. The molecular formula is C30H22N6O6S. The van der Waals surface area contributed by atoms with Gasteiger partial charge < -0.3 is 10.6 Å². The van der Waals surface area contributed by atoms with Gasteiger partial charge in [-0.1, -0.05) is 31.2 Å². The average molecular weight is 595 g/mol. The second-order valence-corrected chi connectivity index (χ2v) is 10.4. The molecule has 0 saturated carbocycles. The zero-order valence-corrected chi connectivity index (χ0v) is 23.4. The summed E-state index contributed by atoms with van der Waals surface area (Å²) in [6, 6.07) is 21.0. The molecule has 0 spiro atoms. The van der Waals surface area contributed by atoms with Crippen LogP contribution in [-0.2, 0) is 20.1 Å². The summed E-state index contributed by atoms with van der Waals surface area (Å²) in [6.45, 7) is 1.59. The van der Waals surface area contributed by atoms with E-state index in [1.165, 1.54) is 30.0 Å². The number of rotatable bonds is 9. The fourth-order valence-electron chi connectivity index (χ4n) is 4.53.